The Morgan fingerprint density at radius 2 is 1.74 bits per heavy atom. The number of hydrogen-bond donors (Lipinski definition) is 1. The average molecular weight is 492 g/mol. The van der Waals surface area contributed by atoms with E-state index in [1.54, 1.807) is 5.06 Å². The molecule has 0 aromatic heterocycles. The zero-order chi connectivity index (χ0) is 24.6. The van der Waals surface area contributed by atoms with Gasteiger partial charge in [0.1, 0.15) is 5.60 Å². The molecule has 1 N–H and O–H groups in total. The van der Waals surface area contributed by atoms with Gasteiger partial charge in [0.25, 0.3) is 5.17 Å². The Morgan fingerprint density at radius 3 is 2.35 bits per heavy atom. The van der Waals surface area contributed by atoms with Crippen LogP contribution in [0.1, 0.15) is 56.7 Å². The van der Waals surface area contributed by atoms with Crippen molar-refractivity contribution in [2.45, 2.75) is 57.2 Å². The van der Waals surface area contributed by atoms with E-state index >= 15 is 0 Å². The van der Waals surface area contributed by atoms with Crippen LogP contribution >= 0.6 is 12.2 Å². The molecule has 2 aromatic carbocycles. The maximum absolute atomic E-state index is 12.9. The van der Waals surface area contributed by atoms with Gasteiger partial charge in [0.05, 0.1) is 11.3 Å². The molecular formula is C25H28F3N3O2S. The molecule has 34 heavy (non-hydrogen) atoms. The highest BCUT2D eigenvalue weighted by Gasteiger charge is 2.43. The highest BCUT2D eigenvalue weighted by atomic mass is 32.1. The van der Waals surface area contributed by atoms with Crippen molar-refractivity contribution in [2.24, 2.45) is 5.16 Å². The SMILES string of the molecule is CC(C)(C)c1ccc(C2=NOC3(CCN(OC(=S)Nc4cccc(C(F)(F)F)c4)CC3)C2)cc1. The van der Waals surface area contributed by atoms with Crippen LogP contribution in [0.15, 0.2) is 53.7 Å². The lowest BCUT2D eigenvalue weighted by Crippen LogP contribution is -2.45. The van der Waals surface area contributed by atoms with Gasteiger partial charge in [-0.2, -0.15) is 13.2 Å². The van der Waals surface area contributed by atoms with E-state index in [1.165, 1.54) is 17.7 Å². The predicted octanol–water partition coefficient (Wildman–Crippen LogP) is 6.29. The Kier molecular flexibility index (Phi) is 6.61. The van der Waals surface area contributed by atoms with Crippen molar-refractivity contribution in [1.82, 2.24) is 5.06 Å². The molecule has 1 spiro atoms. The van der Waals surface area contributed by atoms with Crippen LogP contribution < -0.4 is 5.32 Å². The van der Waals surface area contributed by atoms with E-state index in [0.29, 0.717) is 25.9 Å². The van der Waals surface area contributed by atoms with Crippen molar-refractivity contribution in [3.8, 4) is 0 Å². The standard InChI is InChI=1S/C25H28F3N3O2S/c1-23(2,3)18-9-7-17(8-10-18)21-16-24(33-30-21)11-13-31(14-12-24)32-22(34)29-20-6-4-5-19(15-20)25(26,27)28/h4-10,15H,11-14,16H2,1-3H3,(H,29,34). The molecule has 0 saturated carbocycles. The smallest absolute Gasteiger partial charge is 0.388 e. The lowest BCUT2D eigenvalue weighted by Gasteiger charge is -2.36. The highest BCUT2D eigenvalue weighted by Crippen LogP contribution is 2.37. The number of hydroxylamine groups is 2. The van der Waals surface area contributed by atoms with Crippen LogP contribution in [0.4, 0.5) is 18.9 Å². The van der Waals surface area contributed by atoms with E-state index in [0.717, 1.165) is 29.8 Å². The second-order valence-electron chi connectivity index (χ2n) is 9.83. The maximum Gasteiger partial charge on any atom is 0.416 e. The Morgan fingerprint density at radius 1 is 1.06 bits per heavy atom. The molecule has 1 fully saturated rings. The van der Waals surface area contributed by atoms with E-state index in [4.69, 9.17) is 21.9 Å². The molecule has 1 saturated heterocycles. The van der Waals surface area contributed by atoms with Crippen LogP contribution in [0.3, 0.4) is 0 Å². The summed E-state index contributed by atoms with van der Waals surface area (Å²) in [6.45, 7) is 7.68. The first-order valence-electron chi connectivity index (χ1n) is 11.2. The summed E-state index contributed by atoms with van der Waals surface area (Å²) in [4.78, 5) is 11.6. The molecule has 2 aliphatic rings. The first-order valence-corrected chi connectivity index (χ1v) is 11.6. The maximum atomic E-state index is 12.9. The summed E-state index contributed by atoms with van der Waals surface area (Å²) >= 11 is 5.19. The molecule has 0 unspecified atom stereocenters. The highest BCUT2D eigenvalue weighted by molar-refractivity contribution is 7.80. The first kappa shape index (κ1) is 24.5. The van der Waals surface area contributed by atoms with Crippen LogP contribution in [0.5, 0.6) is 0 Å². The number of benzene rings is 2. The normalized spacial score (nSPS) is 18.4. The third-order valence-corrected chi connectivity index (χ3v) is 6.38. The van der Waals surface area contributed by atoms with Crippen LogP contribution in [0.25, 0.3) is 0 Å². The van der Waals surface area contributed by atoms with Gasteiger partial charge in [-0.1, -0.05) is 56.3 Å². The first-order chi connectivity index (χ1) is 15.9. The summed E-state index contributed by atoms with van der Waals surface area (Å²) in [6.07, 6.45) is -2.29. The van der Waals surface area contributed by atoms with Crippen molar-refractivity contribution in [3.63, 3.8) is 0 Å². The second-order valence-corrected chi connectivity index (χ2v) is 10.2. The minimum absolute atomic E-state index is 0.00140. The van der Waals surface area contributed by atoms with Crippen LogP contribution in [0, 0.1) is 0 Å². The van der Waals surface area contributed by atoms with Gasteiger partial charge in [-0.25, -0.2) is 0 Å². The van der Waals surface area contributed by atoms with Crippen molar-refractivity contribution in [3.05, 3.63) is 65.2 Å². The topological polar surface area (TPSA) is 46.1 Å². The quantitative estimate of drug-likeness (QED) is 0.511. The number of oxime groups is 1. The fourth-order valence-corrected chi connectivity index (χ4v) is 4.35. The second kappa shape index (κ2) is 9.19. The number of alkyl halides is 3. The monoisotopic (exact) mass is 491 g/mol. The van der Waals surface area contributed by atoms with Crippen LogP contribution in [-0.4, -0.2) is 34.6 Å². The molecule has 182 valence electrons. The fourth-order valence-electron chi connectivity index (χ4n) is 4.12. The molecule has 2 aliphatic heterocycles. The Labute approximate surface area is 202 Å². The zero-order valence-electron chi connectivity index (χ0n) is 19.4. The summed E-state index contributed by atoms with van der Waals surface area (Å²) in [5.41, 5.74) is 2.48. The lowest BCUT2D eigenvalue weighted by atomic mass is 9.84. The van der Waals surface area contributed by atoms with Crippen molar-refractivity contribution < 1.29 is 22.8 Å². The third kappa shape index (κ3) is 5.70. The number of rotatable bonds is 3. The minimum Gasteiger partial charge on any atom is -0.388 e. The van der Waals surface area contributed by atoms with Gasteiger partial charge >= 0.3 is 6.18 Å². The van der Waals surface area contributed by atoms with Crippen molar-refractivity contribution >= 4 is 28.8 Å². The minimum atomic E-state index is -4.42. The molecule has 2 aromatic rings. The van der Waals surface area contributed by atoms with Gasteiger partial charge in [-0.05, 0) is 47.0 Å². The molecule has 0 bridgehead atoms. The van der Waals surface area contributed by atoms with E-state index in [-0.39, 0.29) is 21.9 Å². The summed E-state index contributed by atoms with van der Waals surface area (Å²) in [6, 6.07) is 13.3. The average Bonchev–Trinajstić information content (AvgIpc) is 3.18. The summed E-state index contributed by atoms with van der Waals surface area (Å²) in [7, 11) is 0. The van der Waals surface area contributed by atoms with E-state index in [9.17, 15) is 13.2 Å². The Balaban J connectivity index is 1.28. The number of thiocarbonyl (C=S) groups is 1. The molecule has 0 atom stereocenters. The molecule has 4 rings (SSSR count). The van der Waals surface area contributed by atoms with Gasteiger partial charge in [0, 0.05) is 38.0 Å². The molecule has 9 heteroatoms. The molecule has 5 nitrogen and oxygen atoms in total. The van der Waals surface area contributed by atoms with E-state index in [2.05, 4.69) is 55.5 Å². The zero-order valence-corrected chi connectivity index (χ0v) is 20.2. The summed E-state index contributed by atoms with van der Waals surface area (Å²) in [5.74, 6) is 0. The lowest BCUT2D eigenvalue weighted by molar-refractivity contribution is -0.143. The predicted molar refractivity (Wildman–Crippen MR) is 130 cm³/mol. The largest absolute Gasteiger partial charge is 0.416 e. The van der Waals surface area contributed by atoms with E-state index < -0.39 is 11.7 Å². The summed E-state index contributed by atoms with van der Waals surface area (Å²) < 4.78 is 38.7. The number of hydrogen-bond acceptors (Lipinski definition) is 5. The van der Waals surface area contributed by atoms with E-state index in [1.807, 2.05) is 0 Å². The Bertz CT molecular complexity index is 1070. The van der Waals surface area contributed by atoms with Gasteiger partial charge in [-0.15, -0.1) is 5.06 Å². The van der Waals surface area contributed by atoms with Gasteiger partial charge < -0.3 is 15.0 Å². The van der Waals surface area contributed by atoms with Gasteiger partial charge in [0.15, 0.2) is 0 Å². The van der Waals surface area contributed by atoms with Crippen molar-refractivity contribution in [2.75, 3.05) is 18.4 Å². The Hall–Kier alpha value is -2.65. The van der Waals surface area contributed by atoms with Gasteiger partial charge in [-0.3, -0.25) is 0 Å². The number of piperidine rings is 1. The number of nitrogens with zero attached hydrogens (tertiary/aromatic N) is 2. The fraction of sp³-hybridized carbons (Fsp3) is 0.440. The van der Waals surface area contributed by atoms with Crippen LogP contribution in [0.2, 0.25) is 0 Å². The number of nitrogens with one attached hydrogen (secondary N) is 1. The van der Waals surface area contributed by atoms with Crippen molar-refractivity contribution in [1.29, 1.82) is 0 Å². The molecule has 0 amide bonds. The third-order valence-electron chi connectivity index (χ3n) is 6.21. The van der Waals surface area contributed by atoms with Gasteiger partial charge in [0.2, 0.25) is 0 Å². The number of anilines is 1. The molecule has 0 radical (unpaired) electrons. The molecule has 0 aliphatic carbocycles. The molecule has 2 heterocycles. The number of halogens is 3. The van der Waals surface area contributed by atoms with Crippen LogP contribution in [-0.2, 0) is 21.3 Å². The summed E-state index contributed by atoms with van der Waals surface area (Å²) in [5, 5.41) is 8.79. The molecular weight excluding hydrogens is 463 g/mol.